The molecule has 2 N–H and O–H groups in total. The first kappa shape index (κ1) is 11.5. The molecule has 82 valence electrons. The van der Waals surface area contributed by atoms with Gasteiger partial charge in [0, 0.05) is 20.3 Å². The summed E-state index contributed by atoms with van der Waals surface area (Å²) in [5, 5.41) is 2.71. The molecule has 0 spiro atoms. The Labute approximate surface area is 87.8 Å². The molecule has 0 aliphatic heterocycles. The predicted molar refractivity (Wildman–Crippen MR) is 55.0 cm³/mol. The van der Waals surface area contributed by atoms with E-state index in [4.69, 9.17) is 4.74 Å². The van der Waals surface area contributed by atoms with Crippen molar-refractivity contribution in [2.75, 3.05) is 20.3 Å². The number of carbonyl (C=O) groups excluding carboxylic acids is 2. The molecule has 0 saturated heterocycles. The second-order valence-corrected chi connectivity index (χ2v) is 3.05. The number of aromatic nitrogens is 1. The van der Waals surface area contributed by atoms with Crippen LogP contribution in [0.25, 0.3) is 0 Å². The first-order valence-corrected chi connectivity index (χ1v) is 4.69. The Morgan fingerprint density at radius 3 is 3.00 bits per heavy atom. The largest absolute Gasteiger partial charge is 0.385 e. The molecule has 0 unspecified atom stereocenters. The van der Waals surface area contributed by atoms with Crippen LogP contribution in [0.2, 0.25) is 0 Å². The second kappa shape index (κ2) is 5.98. The van der Waals surface area contributed by atoms with Crippen molar-refractivity contribution in [3.05, 3.63) is 23.5 Å². The van der Waals surface area contributed by atoms with Gasteiger partial charge in [-0.25, -0.2) is 0 Å². The van der Waals surface area contributed by atoms with Crippen molar-refractivity contribution < 1.29 is 14.3 Å². The van der Waals surface area contributed by atoms with Crippen molar-refractivity contribution in [2.45, 2.75) is 6.42 Å². The number of hydrogen-bond acceptors (Lipinski definition) is 3. The van der Waals surface area contributed by atoms with E-state index in [9.17, 15) is 9.59 Å². The zero-order chi connectivity index (χ0) is 11.1. The number of amides is 1. The van der Waals surface area contributed by atoms with Crippen molar-refractivity contribution in [2.24, 2.45) is 0 Å². The Morgan fingerprint density at radius 1 is 1.60 bits per heavy atom. The van der Waals surface area contributed by atoms with E-state index in [0.29, 0.717) is 30.8 Å². The fourth-order valence-corrected chi connectivity index (χ4v) is 1.13. The monoisotopic (exact) mass is 210 g/mol. The molecule has 0 atom stereocenters. The summed E-state index contributed by atoms with van der Waals surface area (Å²) >= 11 is 0. The molecule has 0 aliphatic rings. The zero-order valence-electron chi connectivity index (χ0n) is 8.58. The van der Waals surface area contributed by atoms with Gasteiger partial charge in [-0.2, -0.15) is 0 Å². The minimum absolute atomic E-state index is 0.209. The van der Waals surface area contributed by atoms with Gasteiger partial charge in [-0.05, 0) is 18.6 Å². The molecule has 0 radical (unpaired) electrons. The van der Waals surface area contributed by atoms with Crippen LogP contribution < -0.4 is 5.32 Å². The summed E-state index contributed by atoms with van der Waals surface area (Å²) in [6, 6.07) is 3.15. The van der Waals surface area contributed by atoms with Gasteiger partial charge in [0.05, 0.1) is 5.69 Å². The Balaban J connectivity index is 2.36. The number of nitrogens with one attached hydrogen (secondary N) is 2. The van der Waals surface area contributed by atoms with Crippen LogP contribution in [0.4, 0.5) is 0 Å². The first-order chi connectivity index (χ1) is 7.27. The van der Waals surface area contributed by atoms with E-state index in [2.05, 4.69) is 10.3 Å². The van der Waals surface area contributed by atoms with Crippen molar-refractivity contribution in [3.63, 3.8) is 0 Å². The van der Waals surface area contributed by atoms with Gasteiger partial charge >= 0.3 is 0 Å². The lowest BCUT2D eigenvalue weighted by molar-refractivity contribution is 0.0944. The molecular formula is C10H14N2O3. The summed E-state index contributed by atoms with van der Waals surface area (Å²) in [5.74, 6) is -0.209. The van der Waals surface area contributed by atoms with Gasteiger partial charge in [-0.15, -0.1) is 0 Å². The van der Waals surface area contributed by atoms with Gasteiger partial charge in [-0.3, -0.25) is 9.59 Å². The molecule has 1 heterocycles. The van der Waals surface area contributed by atoms with Crippen LogP contribution >= 0.6 is 0 Å². The maximum Gasteiger partial charge on any atom is 0.267 e. The molecule has 0 fully saturated rings. The van der Waals surface area contributed by atoms with Crippen molar-refractivity contribution in [1.82, 2.24) is 10.3 Å². The summed E-state index contributed by atoms with van der Waals surface area (Å²) < 4.78 is 4.85. The van der Waals surface area contributed by atoms with Gasteiger partial charge in [-0.1, -0.05) is 0 Å². The average molecular weight is 210 g/mol. The normalized spacial score (nSPS) is 9.93. The number of H-pyrrole nitrogens is 1. The maximum absolute atomic E-state index is 11.4. The highest BCUT2D eigenvalue weighted by atomic mass is 16.5. The van der Waals surface area contributed by atoms with Crippen LogP contribution in [0.15, 0.2) is 12.1 Å². The number of aldehydes is 1. The Morgan fingerprint density at radius 2 is 2.40 bits per heavy atom. The van der Waals surface area contributed by atoms with E-state index in [0.717, 1.165) is 6.42 Å². The minimum Gasteiger partial charge on any atom is -0.385 e. The molecule has 1 rings (SSSR count). The molecule has 0 saturated carbocycles. The Hall–Kier alpha value is -1.62. The number of ether oxygens (including phenoxy) is 1. The van der Waals surface area contributed by atoms with Gasteiger partial charge in [0.25, 0.3) is 5.91 Å². The molecule has 1 amide bonds. The van der Waals surface area contributed by atoms with E-state index in [1.165, 1.54) is 0 Å². The number of carbonyl (C=O) groups is 2. The molecule has 1 aromatic rings. The third-order valence-corrected chi connectivity index (χ3v) is 1.89. The molecule has 5 nitrogen and oxygen atoms in total. The van der Waals surface area contributed by atoms with Gasteiger partial charge in [0.15, 0.2) is 6.29 Å². The summed E-state index contributed by atoms with van der Waals surface area (Å²) in [6.07, 6.45) is 1.44. The first-order valence-electron chi connectivity index (χ1n) is 4.69. The van der Waals surface area contributed by atoms with Crippen LogP contribution in [0.1, 0.15) is 27.4 Å². The highest BCUT2D eigenvalue weighted by molar-refractivity contribution is 5.93. The molecule has 15 heavy (non-hydrogen) atoms. The van der Waals surface area contributed by atoms with Crippen LogP contribution in [0.5, 0.6) is 0 Å². The van der Waals surface area contributed by atoms with Crippen LogP contribution in [0.3, 0.4) is 0 Å². The molecule has 1 aromatic heterocycles. The Bertz CT molecular complexity index is 333. The van der Waals surface area contributed by atoms with E-state index < -0.39 is 0 Å². The topological polar surface area (TPSA) is 71.2 Å². The summed E-state index contributed by atoms with van der Waals surface area (Å²) in [6.45, 7) is 1.17. The lowest BCUT2D eigenvalue weighted by atomic mass is 10.4. The Kier molecular flexibility index (Phi) is 4.56. The standard InChI is InChI=1S/C10H14N2O3/c1-15-6-2-5-11-10(14)9-4-3-8(7-13)12-9/h3-4,7,12H,2,5-6H2,1H3,(H,11,14). The molecule has 5 heteroatoms. The van der Waals surface area contributed by atoms with E-state index in [1.807, 2.05) is 0 Å². The third kappa shape index (κ3) is 3.55. The molecule has 0 bridgehead atoms. The zero-order valence-corrected chi connectivity index (χ0v) is 8.58. The van der Waals surface area contributed by atoms with Gasteiger partial charge in [0.2, 0.25) is 0 Å². The van der Waals surface area contributed by atoms with Crippen molar-refractivity contribution in [1.29, 1.82) is 0 Å². The average Bonchev–Trinajstić information content (AvgIpc) is 2.72. The molecule has 0 aromatic carbocycles. The third-order valence-electron chi connectivity index (χ3n) is 1.89. The van der Waals surface area contributed by atoms with Crippen LogP contribution in [0, 0.1) is 0 Å². The number of hydrogen-bond donors (Lipinski definition) is 2. The fourth-order valence-electron chi connectivity index (χ4n) is 1.13. The lowest BCUT2D eigenvalue weighted by Crippen LogP contribution is -2.25. The lowest BCUT2D eigenvalue weighted by Gasteiger charge is -2.02. The summed E-state index contributed by atoms with van der Waals surface area (Å²) in [5.41, 5.74) is 0.798. The molecular weight excluding hydrogens is 196 g/mol. The molecule has 0 aliphatic carbocycles. The van der Waals surface area contributed by atoms with Gasteiger partial charge in [0.1, 0.15) is 5.69 Å². The highest BCUT2D eigenvalue weighted by Crippen LogP contribution is 1.99. The quantitative estimate of drug-likeness (QED) is 0.533. The second-order valence-electron chi connectivity index (χ2n) is 3.05. The summed E-state index contributed by atoms with van der Waals surface area (Å²) in [7, 11) is 1.61. The van der Waals surface area contributed by atoms with Crippen molar-refractivity contribution in [3.8, 4) is 0 Å². The number of methoxy groups -OCH3 is 1. The van der Waals surface area contributed by atoms with E-state index in [1.54, 1.807) is 19.2 Å². The number of aromatic amines is 1. The smallest absolute Gasteiger partial charge is 0.267 e. The predicted octanol–water partition coefficient (Wildman–Crippen LogP) is 0.593. The van der Waals surface area contributed by atoms with E-state index >= 15 is 0 Å². The van der Waals surface area contributed by atoms with E-state index in [-0.39, 0.29) is 5.91 Å². The number of rotatable bonds is 6. The van der Waals surface area contributed by atoms with Crippen LogP contribution in [-0.2, 0) is 4.74 Å². The van der Waals surface area contributed by atoms with Crippen LogP contribution in [-0.4, -0.2) is 37.4 Å². The minimum atomic E-state index is -0.209. The van der Waals surface area contributed by atoms with Crippen molar-refractivity contribution >= 4 is 12.2 Å². The SMILES string of the molecule is COCCCNC(=O)c1ccc(C=O)[nH]1. The fraction of sp³-hybridized carbons (Fsp3) is 0.400. The summed E-state index contributed by atoms with van der Waals surface area (Å²) in [4.78, 5) is 24.5. The van der Waals surface area contributed by atoms with Gasteiger partial charge < -0.3 is 15.0 Å². The highest BCUT2D eigenvalue weighted by Gasteiger charge is 2.06. The maximum atomic E-state index is 11.4.